The summed E-state index contributed by atoms with van der Waals surface area (Å²) in [6.45, 7) is 9.29. The zero-order chi connectivity index (χ0) is 17.3. The lowest BCUT2D eigenvalue weighted by Gasteiger charge is -2.39. The molecule has 1 aromatic heterocycles. The van der Waals surface area contributed by atoms with Crippen molar-refractivity contribution in [3.63, 3.8) is 0 Å². The summed E-state index contributed by atoms with van der Waals surface area (Å²) in [7, 11) is 0. The maximum atomic E-state index is 12.9. The zero-order valence-corrected chi connectivity index (χ0v) is 15.4. The highest BCUT2D eigenvalue weighted by atomic mass is 16.4. The molecule has 1 unspecified atom stereocenters. The number of piperidine rings is 2. The summed E-state index contributed by atoms with van der Waals surface area (Å²) >= 11 is 0. The molecule has 1 N–H and O–H groups in total. The van der Waals surface area contributed by atoms with E-state index in [2.05, 4.69) is 17.1 Å². The molecule has 3 aliphatic rings. The molecule has 3 saturated heterocycles. The summed E-state index contributed by atoms with van der Waals surface area (Å²) in [5, 5.41) is 3.47. The molecule has 1 aromatic rings. The Hall–Kier alpha value is -1.33. The van der Waals surface area contributed by atoms with Gasteiger partial charge >= 0.3 is 0 Å². The van der Waals surface area contributed by atoms with Gasteiger partial charge in [0.15, 0.2) is 5.76 Å². The van der Waals surface area contributed by atoms with Crippen LogP contribution in [0, 0.1) is 11.3 Å². The van der Waals surface area contributed by atoms with Crippen molar-refractivity contribution in [1.29, 1.82) is 0 Å². The Morgan fingerprint density at radius 2 is 2.12 bits per heavy atom. The van der Waals surface area contributed by atoms with Crippen LogP contribution in [0.25, 0.3) is 0 Å². The van der Waals surface area contributed by atoms with Gasteiger partial charge in [0.25, 0.3) is 5.91 Å². The van der Waals surface area contributed by atoms with Crippen LogP contribution in [0.1, 0.15) is 55.3 Å². The summed E-state index contributed by atoms with van der Waals surface area (Å²) < 4.78 is 5.93. The number of carbonyl (C=O) groups excluding carboxylic acids is 1. The summed E-state index contributed by atoms with van der Waals surface area (Å²) in [6.07, 6.45) is 6.05. The van der Waals surface area contributed by atoms with Crippen molar-refractivity contribution < 1.29 is 9.21 Å². The van der Waals surface area contributed by atoms with E-state index >= 15 is 0 Å². The maximum absolute atomic E-state index is 12.9. The van der Waals surface area contributed by atoms with Crippen molar-refractivity contribution in [3.8, 4) is 0 Å². The van der Waals surface area contributed by atoms with Gasteiger partial charge in [-0.3, -0.25) is 9.69 Å². The quantitative estimate of drug-likeness (QED) is 0.915. The summed E-state index contributed by atoms with van der Waals surface area (Å²) in [6, 6.07) is 3.86. The zero-order valence-electron chi connectivity index (χ0n) is 15.4. The topological polar surface area (TPSA) is 48.7 Å². The maximum Gasteiger partial charge on any atom is 0.289 e. The number of amides is 1. The van der Waals surface area contributed by atoms with Crippen LogP contribution in [0.3, 0.4) is 0 Å². The Balaban J connectivity index is 1.37. The van der Waals surface area contributed by atoms with Gasteiger partial charge in [0, 0.05) is 25.0 Å². The Bertz CT molecular complexity index is 598. The van der Waals surface area contributed by atoms with Gasteiger partial charge in [-0.2, -0.15) is 0 Å². The Labute approximate surface area is 150 Å². The molecule has 138 valence electrons. The van der Waals surface area contributed by atoms with Crippen molar-refractivity contribution in [2.45, 2.75) is 45.6 Å². The van der Waals surface area contributed by atoms with Gasteiger partial charge in [-0.15, -0.1) is 0 Å². The highest BCUT2D eigenvalue weighted by molar-refractivity contribution is 5.91. The number of rotatable bonds is 3. The first kappa shape index (κ1) is 17.1. The molecule has 25 heavy (non-hydrogen) atoms. The molecule has 0 aliphatic carbocycles. The Kier molecular flexibility index (Phi) is 4.87. The molecule has 4 rings (SSSR count). The lowest BCUT2D eigenvalue weighted by Crippen LogP contribution is -2.47. The number of nitrogens with zero attached hydrogens (tertiary/aromatic N) is 2. The van der Waals surface area contributed by atoms with Crippen LogP contribution in [-0.2, 0) is 6.54 Å². The fraction of sp³-hybridized carbons (Fsp3) is 0.750. The minimum atomic E-state index is 0.0736. The smallest absolute Gasteiger partial charge is 0.289 e. The molecule has 3 aliphatic heterocycles. The Morgan fingerprint density at radius 1 is 1.28 bits per heavy atom. The number of hydrogen-bond donors (Lipinski definition) is 1. The van der Waals surface area contributed by atoms with Crippen molar-refractivity contribution in [1.82, 2.24) is 15.1 Å². The molecule has 1 atom stereocenters. The van der Waals surface area contributed by atoms with Crippen LogP contribution >= 0.6 is 0 Å². The molecule has 0 aromatic carbocycles. The fourth-order valence-corrected chi connectivity index (χ4v) is 4.70. The van der Waals surface area contributed by atoms with Gasteiger partial charge in [0.2, 0.25) is 0 Å². The lowest BCUT2D eigenvalue weighted by molar-refractivity contribution is 0.0519. The van der Waals surface area contributed by atoms with Gasteiger partial charge in [0.05, 0.1) is 6.54 Å². The van der Waals surface area contributed by atoms with Gasteiger partial charge < -0.3 is 14.6 Å². The third-order valence-electron chi connectivity index (χ3n) is 6.41. The number of nitrogens with one attached hydrogen (secondary N) is 1. The third kappa shape index (κ3) is 3.77. The molecular formula is C20H31N3O2. The summed E-state index contributed by atoms with van der Waals surface area (Å²) in [5.74, 6) is 2.35. The van der Waals surface area contributed by atoms with E-state index in [1.807, 2.05) is 17.0 Å². The predicted molar refractivity (Wildman–Crippen MR) is 97.4 cm³/mol. The molecule has 0 radical (unpaired) electrons. The van der Waals surface area contributed by atoms with Crippen LogP contribution in [0.15, 0.2) is 16.5 Å². The van der Waals surface area contributed by atoms with E-state index in [9.17, 15) is 4.79 Å². The molecule has 1 spiro atoms. The van der Waals surface area contributed by atoms with Crippen molar-refractivity contribution in [2.24, 2.45) is 11.3 Å². The fourth-order valence-electron chi connectivity index (χ4n) is 4.70. The second-order valence-corrected chi connectivity index (χ2v) is 8.48. The molecule has 5 nitrogen and oxygen atoms in total. The van der Waals surface area contributed by atoms with Crippen molar-refractivity contribution in [2.75, 3.05) is 39.3 Å². The van der Waals surface area contributed by atoms with E-state index in [-0.39, 0.29) is 5.91 Å². The van der Waals surface area contributed by atoms with E-state index in [0.29, 0.717) is 11.2 Å². The third-order valence-corrected chi connectivity index (χ3v) is 6.41. The van der Waals surface area contributed by atoms with E-state index < -0.39 is 0 Å². The van der Waals surface area contributed by atoms with Crippen molar-refractivity contribution in [3.05, 3.63) is 23.7 Å². The molecule has 0 saturated carbocycles. The normalized spacial score (nSPS) is 28.8. The van der Waals surface area contributed by atoms with E-state index in [1.165, 1.54) is 25.7 Å². The molecule has 0 bridgehead atoms. The summed E-state index contributed by atoms with van der Waals surface area (Å²) in [5.41, 5.74) is 0.299. The molecule has 1 amide bonds. The van der Waals surface area contributed by atoms with Gasteiger partial charge in [0.1, 0.15) is 5.76 Å². The highest BCUT2D eigenvalue weighted by Crippen LogP contribution is 2.36. The van der Waals surface area contributed by atoms with Crippen LogP contribution in [0.4, 0.5) is 0 Å². The first-order valence-corrected chi connectivity index (χ1v) is 9.95. The van der Waals surface area contributed by atoms with Crippen LogP contribution < -0.4 is 5.32 Å². The van der Waals surface area contributed by atoms with Gasteiger partial charge in [-0.05, 0) is 69.8 Å². The molecule has 4 heterocycles. The first-order chi connectivity index (χ1) is 12.1. The minimum Gasteiger partial charge on any atom is -0.455 e. The van der Waals surface area contributed by atoms with Gasteiger partial charge in [-0.25, -0.2) is 0 Å². The van der Waals surface area contributed by atoms with E-state index in [0.717, 1.165) is 63.9 Å². The number of hydrogen-bond acceptors (Lipinski definition) is 4. The lowest BCUT2D eigenvalue weighted by atomic mass is 9.79. The van der Waals surface area contributed by atoms with E-state index in [4.69, 9.17) is 4.42 Å². The largest absolute Gasteiger partial charge is 0.455 e. The SMILES string of the molecule is CC1CCN(Cc2ccc(C(=O)N3CCCC4(CCNC4)C3)o2)CC1. The van der Waals surface area contributed by atoms with E-state index in [1.54, 1.807) is 0 Å². The molecule has 3 fully saturated rings. The second kappa shape index (κ2) is 7.12. The monoisotopic (exact) mass is 345 g/mol. The molecular weight excluding hydrogens is 314 g/mol. The second-order valence-electron chi connectivity index (χ2n) is 8.48. The average Bonchev–Trinajstić information content (AvgIpc) is 3.26. The average molecular weight is 345 g/mol. The first-order valence-electron chi connectivity index (χ1n) is 9.95. The predicted octanol–water partition coefficient (Wildman–Crippen LogP) is 2.73. The van der Waals surface area contributed by atoms with Crippen LogP contribution in [-0.4, -0.2) is 55.0 Å². The van der Waals surface area contributed by atoms with Crippen molar-refractivity contribution >= 4 is 5.91 Å². The highest BCUT2D eigenvalue weighted by Gasteiger charge is 2.39. The summed E-state index contributed by atoms with van der Waals surface area (Å²) in [4.78, 5) is 17.3. The number of carbonyl (C=O) groups is 1. The van der Waals surface area contributed by atoms with Gasteiger partial charge in [-0.1, -0.05) is 6.92 Å². The van der Waals surface area contributed by atoms with Crippen LogP contribution in [0.2, 0.25) is 0 Å². The number of furan rings is 1. The van der Waals surface area contributed by atoms with Crippen LogP contribution in [0.5, 0.6) is 0 Å². The minimum absolute atomic E-state index is 0.0736. The molecule has 5 heteroatoms. The Morgan fingerprint density at radius 3 is 2.88 bits per heavy atom. The number of likely N-dealkylation sites (tertiary alicyclic amines) is 2. The standard InChI is InChI=1S/C20H31N3O2/c1-16-5-11-22(12-6-16)13-17-3-4-18(25-17)19(24)23-10-2-7-20(15-23)8-9-21-14-20/h3-4,16,21H,2,5-15H2,1H3.